The molecule has 0 saturated carbocycles. The number of carbonyl (C=O) groups is 1. The minimum absolute atomic E-state index is 0.0113. The maximum absolute atomic E-state index is 14.2. The van der Waals surface area contributed by atoms with Gasteiger partial charge in [0.1, 0.15) is 11.6 Å². The van der Waals surface area contributed by atoms with E-state index in [1.807, 2.05) is 36.5 Å². The number of benzene rings is 2. The van der Waals surface area contributed by atoms with Crippen molar-refractivity contribution in [3.8, 4) is 28.3 Å². The molecule has 1 fully saturated rings. The van der Waals surface area contributed by atoms with Gasteiger partial charge in [-0.25, -0.2) is 4.39 Å². The lowest BCUT2D eigenvalue weighted by Crippen LogP contribution is -2.29. The minimum atomic E-state index is -0.748. The fourth-order valence-electron chi connectivity index (χ4n) is 5.82. The van der Waals surface area contributed by atoms with Crippen LogP contribution >= 0.6 is 0 Å². The van der Waals surface area contributed by atoms with E-state index >= 15 is 0 Å². The highest BCUT2D eigenvalue weighted by molar-refractivity contribution is 6.05. The number of hydrogen-bond donors (Lipinski definition) is 3. The number of nitrogens with zero attached hydrogens (tertiary/aromatic N) is 4. The van der Waals surface area contributed by atoms with Gasteiger partial charge >= 0.3 is 0 Å². The third-order valence-electron chi connectivity index (χ3n) is 8.10. The van der Waals surface area contributed by atoms with Gasteiger partial charge in [0.05, 0.1) is 35.0 Å². The van der Waals surface area contributed by atoms with Gasteiger partial charge in [0, 0.05) is 35.5 Å². The smallest absolute Gasteiger partial charge is 0.252 e. The van der Waals surface area contributed by atoms with Gasteiger partial charge in [-0.1, -0.05) is 30.3 Å². The van der Waals surface area contributed by atoms with Crippen LogP contribution in [-0.2, 0) is 6.42 Å². The Morgan fingerprint density at radius 3 is 2.52 bits per heavy atom. The van der Waals surface area contributed by atoms with E-state index in [9.17, 15) is 9.18 Å². The van der Waals surface area contributed by atoms with E-state index in [1.165, 1.54) is 18.7 Å². The summed E-state index contributed by atoms with van der Waals surface area (Å²) in [6.07, 6.45) is 6.39. The number of aromatic nitrogens is 4. The molecule has 1 saturated heterocycles. The topological polar surface area (TPSA) is 136 Å². The lowest BCUT2D eigenvalue weighted by atomic mass is 9.90. The average molecular weight is 566 g/mol. The summed E-state index contributed by atoms with van der Waals surface area (Å²) >= 11 is 0. The Kier molecular flexibility index (Phi) is 7.30. The average Bonchev–Trinajstić information content (AvgIpc) is 3.39. The number of amides is 1. The summed E-state index contributed by atoms with van der Waals surface area (Å²) in [7, 11) is 3.60. The number of nitrogens with two attached hydrogens (primary N) is 2. The van der Waals surface area contributed by atoms with Gasteiger partial charge in [-0.15, -0.1) is 0 Å². The van der Waals surface area contributed by atoms with E-state index < -0.39 is 11.7 Å². The number of aromatic amines is 1. The number of fused-ring (bicyclic) bond motifs is 1. The molecule has 10 heteroatoms. The molecule has 6 rings (SSSR count). The Morgan fingerprint density at radius 1 is 1.10 bits per heavy atom. The number of H-pyrrole nitrogens is 1. The number of methoxy groups -OCH3 is 1. The molecule has 1 aliphatic rings. The normalized spacial score (nSPS) is 14.4. The van der Waals surface area contributed by atoms with Gasteiger partial charge < -0.3 is 21.1 Å². The molecule has 42 heavy (non-hydrogen) atoms. The second-order valence-corrected chi connectivity index (χ2v) is 10.8. The maximum Gasteiger partial charge on any atom is 0.252 e. The zero-order valence-corrected chi connectivity index (χ0v) is 23.5. The molecule has 1 aliphatic heterocycles. The molecular weight excluding hydrogens is 533 g/mol. The number of nitrogen functional groups attached to an aromatic ring is 1. The second-order valence-electron chi connectivity index (χ2n) is 10.8. The van der Waals surface area contributed by atoms with Crippen LogP contribution < -0.4 is 16.2 Å². The fourth-order valence-corrected chi connectivity index (χ4v) is 5.82. The van der Waals surface area contributed by atoms with Crippen molar-refractivity contribution in [2.24, 2.45) is 5.73 Å². The number of pyridine rings is 2. The number of anilines is 1. The van der Waals surface area contributed by atoms with Crippen LogP contribution in [0.3, 0.4) is 0 Å². The maximum atomic E-state index is 14.2. The molecule has 2 aromatic carbocycles. The van der Waals surface area contributed by atoms with Gasteiger partial charge in [-0.05, 0) is 68.2 Å². The Balaban J connectivity index is 1.29. The van der Waals surface area contributed by atoms with E-state index in [0.29, 0.717) is 29.4 Å². The predicted octanol–water partition coefficient (Wildman–Crippen LogP) is 4.92. The van der Waals surface area contributed by atoms with Crippen LogP contribution in [0.5, 0.6) is 5.75 Å². The molecule has 0 bridgehead atoms. The van der Waals surface area contributed by atoms with Crippen molar-refractivity contribution >= 4 is 22.6 Å². The number of ether oxygens (including phenoxy) is 1. The molecular formula is C32H32FN7O2. The summed E-state index contributed by atoms with van der Waals surface area (Å²) in [5, 5.41) is 8.08. The molecule has 9 nitrogen and oxygen atoms in total. The number of nitrogens with one attached hydrogen (secondary N) is 1. The van der Waals surface area contributed by atoms with Crippen molar-refractivity contribution in [2.45, 2.75) is 25.2 Å². The number of hydrogen-bond acceptors (Lipinski definition) is 7. The highest BCUT2D eigenvalue weighted by Crippen LogP contribution is 2.36. The van der Waals surface area contributed by atoms with Gasteiger partial charge in [0.15, 0.2) is 5.82 Å². The largest absolute Gasteiger partial charge is 0.496 e. The third-order valence-corrected chi connectivity index (χ3v) is 8.10. The molecule has 1 amide bonds. The van der Waals surface area contributed by atoms with Crippen LogP contribution in [0.2, 0.25) is 0 Å². The van der Waals surface area contributed by atoms with Gasteiger partial charge in [0.25, 0.3) is 5.91 Å². The van der Waals surface area contributed by atoms with E-state index in [-0.39, 0.29) is 11.3 Å². The first-order chi connectivity index (χ1) is 20.3. The SMILES string of the molecule is COc1c(Cc2ccc(-c3ncc(-c4ccc(C5CCN(C)CC5)cn4)c4[nH]nc(N)c34)cc2)cc(F)cc1C(N)=O. The monoisotopic (exact) mass is 565 g/mol. The molecule has 4 heterocycles. The van der Waals surface area contributed by atoms with Crippen molar-refractivity contribution in [3.63, 3.8) is 0 Å². The fraction of sp³-hybridized carbons (Fsp3) is 0.250. The van der Waals surface area contributed by atoms with Crippen LogP contribution in [0.15, 0.2) is 60.9 Å². The zero-order valence-electron chi connectivity index (χ0n) is 23.5. The number of likely N-dealkylation sites (tertiary alicyclic amines) is 1. The zero-order chi connectivity index (χ0) is 29.4. The van der Waals surface area contributed by atoms with Gasteiger partial charge in [-0.2, -0.15) is 5.10 Å². The van der Waals surface area contributed by atoms with Crippen LogP contribution in [-0.4, -0.2) is 58.2 Å². The van der Waals surface area contributed by atoms with E-state index in [1.54, 1.807) is 6.20 Å². The predicted molar refractivity (Wildman–Crippen MR) is 161 cm³/mol. The number of carbonyl (C=O) groups excluding carboxylic acids is 1. The summed E-state index contributed by atoms with van der Waals surface area (Å²) in [4.78, 5) is 23.7. The second kappa shape index (κ2) is 11.2. The molecule has 3 aromatic heterocycles. The van der Waals surface area contributed by atoms with Crippen LogP contribution in [0, 0.1) is 5.82 Å². The van der Waals surface area contributed by atoms with Gasteiger partial charge in [-0.3, -0.25) is 19.9 Å². The number of primary amides is 1. The number of rotatable bonds is 7. The summed E-state index contributed by atoms with van der Waals surface area (Å²) < 4.78 is 19.6. The van der Waals surface area contributed by atoms with E-state index in [0.717, 1.165) is 65.3 Å². The van der Waals surface area contributed by atoms with E-state index in [4.69, 9.17) is 26.2 Å². The first kappa shape index (κ1) is 27.3. The molecule has 0 spiro atoms. The Labute approximate surface area is 242 Å². The molecule has 0 aliphatic carbocycles. The highest BCUT2D eigenvalue weighted by atomic mass is 19.1. The molecule has 0 atom stereocenters. The molecule has 214 valence electrons. The summed E-state index contributed by atoms with van der Waals surface area (Å²) in [6.45, 7) is 2.20. The molecule has 5 aromatic rings. The minimum Gasteiger partial charge on any atom is -0.496 e. The summed E-state index contributed by atoms with van der Waals surface area (Å²) in [5.41, 5.74) is 18.4. The lowest BCUT2D eigenvalue weighted by molar-refractivity contribution is 0.0996. The quantitative estimate of drug-likeness (QED) is 0.255. The summed E-state index contributed by atoms with van der Waals surface area (Å²) in [6, 6.07) is 14.3. The number of halogens is 1. The lowest BCUT2D eigenvalue weighted by Gasteiger charge is -2.29. The van der Waals surface area contributed by atoms with Crippen LogP contribution in [0.1, 0.15) is 45.8 Å². The summed E-state index contributed by atoms with van der Waals surface area (Å²) in [5.74, 6) is -0.149. The van der Waals surface area contributed by atoms with Crippen LogP contribution in [0.4, 0.5) is 10.2 Å². The van der Waals surface area contributed by atoms with Crippen molar-refractivity contribution < 1.29 is 13.9 Å². The first-order valence-corrected chi connectivity index (χ1v) is 13.8. The Bertz CT molecular complexity index is 1760. The van der Waals surface area contributed by atoms with Crippen molar-refractivity contribution in [1.29, 1.82) is 0 Å². The Hall–Kier alpha value is -4.83. The standard InChI is InChI=1S/C32H32FN7O2/c1-40-11-9-19(10-12-40)21-7-8-26(36-16-21)25-17-37-28(27-29(25)38-39-31(27)34)20-5-3-18(4-6-20)13-22-14-23(33)15-24(32(35)41)30(22)42-2/h3-8,14-17,19H,9-13H2,1-2H3,(H2,35,41)(H3,34,38,39). The number of piperidine rings is 1. The van der Waals surface area contributed by atoms with Crippen molar-refractivity contribution in [1.82, 2.24) is 25.1 Å². The molecule has 5 N–H and O–H groups in total. The first-order valence-electron chi connectivity index (χ1n) is 13.8. The van der Waals surface area contributed by atoms with E-state index in [2.05, 4.69) is 28.2 Å². The molecule has 0 unspecified atom stereocenters. The Morgan fingerprint density at radius 2 is 1.86 bits per heavy atom. The van der Waals surface area contributed by atoms with Crippen molar-refractivity contribution in [2.75, 3.05) is 33.0 Å². The van der Waals surface area contributed by atoms with Gasteiger partial charge in [0.2, 0.25) is 0 Å². The molecule has 0 radical (unpaired) electrons. The van der Waals surface area contributed by atoms with Crippen molar-refractivity contribution in [3.05, 3.63) is 89.0 Å². The van der Waals surface area contributed by atoms with Crippen LogP contribution in [0.25, 0.3) is 33.4 Å². The highest BCUT2D eigenvalue weighted by Gasteiger charge is 2.21. The third kappa shape index (κ3) is 5.16.